The van der Waals surface area contributed by atoms with Gasteiger partial charge in [0, 0.05) is 24.7 Å². The van der Waals surface area contributed by atoms with Gasteiger partial charge >= 0.3 is 0 Å². The predicted octanol–water partition coefficient (Wildman–Crippen LogP) is 2.38. The number of hydrogen-bond donors (Lipinski definition) is 0. The third-order valence-electron chi connectivity index (χ3n) is 3.17. The molecule has 0 saturated heterocycles. The van der Waals surface area contributed by atoms with Gasteiger partial charge in [-0.1, -0.05) is 23.8 Å². The van der Waals surface area contributed by atoms with Crippen molar-refractivity contribution in [1.82, 2.24) is 19.7 Å². The quantitative estimate of drug-likeness (QED) is 0.622. The Morgan fingerprint density at radius 1 is 1.50 bits per heavy atom. The molecular weight excluding hydrogens is 276 g/mol. The smallest absolute Gasteiger partial charge is 0.273 e. The van der Waals surface area contributed by atoms with Gasteiger partial charge in [0.15, 0.2) is 11.0 Å². The van der Waals surface area contributed by atoms with E-state index in [9.17, 15) is 4.79 Å². The second-order valence-corrected chi connectivity index (χ2v) is 6.16. The number of thioether (sulfide) groups is 1. The zero-order chi connectivity index (χ0) is 14.1. The van der Waals surface area contributed by atoms with E-state index in [-0.39, 0.29) is 10.8 Å². The number of aryl methyl sites for hydroxylation is 1. The Balaban J connectivity index is 1.82. The summed E-state index contributed by atoms with van der Waals surface area (Å²) in [6.07, 6.45) is 4.87. The van der Waals surface area contributed by atoms with E-state index in [1.165, 1.54) is 17.8 Å². The van der Waals surface area contributed by atoms with Gasteiger partial charge in [-0.05, 0) is 19.8 Å². The van der Waals surface area contributed by atoms with Gasteiger partial charge in [0.1, 0.15) is 0 Å². The minimum Gasteiger partial charge on any atom is -0.338 e. The van der Waals surface area contributed by atoms with E-state index >= 15 is 0 Å². The second kappa shape index (κ2) is 5.40. The van der Waals surface area contributed by atoms with E-state index in [0.29, 0.717) is 17.8 Å². The van der Waals surface area contributed by atoms with Gasteiger partial charge in [-0.2, -0.15) is 9.97 Å². The molecule has 1 atom stereocenters. The molecule has 0 bridgehead atoms. The van der Waals surface area contributed by atoms with Crippen molar-refractivity contribution in [2.24, 2.45) is 0 Å². The third kappa shape index (κ3) is 2.77. The van der Waals surface area contributed by atoms with Gasteiger partial charge in [-0.3, -0.25) is 4.79 Å². The molecule has 2 heterocycles. The zero-order valence-corrected chi connectivity index (χ0v) is 12.3. The molecule has 0 N–H and O–H groups in total. The van der Waals surface area contributed by atoms with E-state index in [1.54, 1.807) is 0 Å². The highest BCUT2D eigenvalue weighted by atomic mass is 32.2. The highest BCUT2D eigenvalue weighted by Crippen LogP contribution is 2.40. The molecule has 7 heteroatoms. The fraction of sp³-hybridized carbons (Fsp3) is 0.538. The summed E-state index contributed by atoms with van der Waals surface area (Å²) in [5, 5.41) is 4.60. The first kappa shape index (κ1) is 13.4. The standard InChI is InChI=1S/C13H16N4O2S/c1-3-10-14-12(19-16-10)8(2)20-13-15-11(18)6-7-17(13)9-4-5-9/h6-9H,3-5H2,1-2H3/t8-/m1/s1. The van der Waals surface area contributed by atoms with Crippen LogP contribution in [0.25, 0.3) is 0 Å². The zero-order valence-electron chi connectivity index (χ0n) is 11.4. The van der Waals surface area contributed by atoms with Crippen molar-refractivity contribution in [3.8, 4) is 0 Å². The van der Waals surface area contributed by atoms with E-state index in [2.05, 4.69) is 19.7 Å². The van der Waals surface area contributed by atoms with Crippen molar-refractivity contribution in [1.29, 1.82) is 0 Å². The molecule has 0 radical (unpaired) electrons. The fourth-order valence-corrected chi connectivity index (χ4v) is 2.89. The molecule has 1 fully saturated rings. The van der Waals surface area contributed by atoms with Crippen LogP contribution in [0, 0.1) is 0 Å². The van der Waals surface area contributed by atoms with Crippen molar-refractivity contribution >= 4 is 11.8 Å². The van der Waals surface area contributed by atoms with Crippen LogP contribution >= 0.6 is 11.8 Å². The Labute approximate surface area is 120 Å². The van der Waals surface area contributed by atoms with Crippen LogP contribution in [0.3, 0.4) is 0 Å². The van der Waals surface area contributed by atoms with Crippen LogP contribution in [0.4, 0.5) is 0 Å². The van der Waals surface area contributed by atoms with E-state index in [1.807, 2.05) is 20.0 Å². The molecule has 1 aliphatic carbocycles. The molecule has 106 valence electrons. The molecule has 6 nitrogen and oxygen atoms in total. The molecule has 3 rings (SSSR count). The van der Waals surface area contributed by atoms with Crippen LogP contribution in [-0.4, -0.2) is 19.7 Å². The van der Waals surface area contributed by atoms with Gasteiger partial charge in [0.2, 0.25) is 5.89 Å². The molecule has 0 amide bonds. The maximum absolute atomic E-state index is 11.5. The summed E-state index contributed by atoms with van der Waals surface area (Å²) >= 11 is 1.49. The summed E-state index contributed by atoms with van der Waals surface area (Å²) in [7, 11) is 0. The first-order valence-electron chi connectivity index (χ1n) is 6.75. The van der Waals surface area contributed by atoms with Gasteiger partial charge in [-0.15, -0.1) is 0 Å². The lowest BCUT2D eigenvalue weighted by atomic mass is 10.4. The van der Waals surface area contributed by atoms with E-state index in [4.69, 9.17) is 4.52 Å². The minimum absolute atomic E-state index is 0.0258. The highest BCUT2D eigenvalue weighted by molar-refractivity contribution is 7.99. The average Bonchev–Trinajstić information content (AvgIpc) is 3.15. The molecule has 0 unspecified atom stereocenters. The first-order chi connectivity index (χ1) is 9.67. The Hall–Kier alpha value is -1.63. The van der Waals surface area contributed by atoms with E-state index in [0.717, 1.165) is 24.4 Å². The normalized spacial score (nSPS) is 16.3. The number of hydrogen-bond acceptors (Lipinski definition) is 6. The SMILES string of the molecule is CCc1noc([C@@H](C)Sc2nc(=O)ccn2C2CC2)n1. The Kier molecular flexibility index (Phi) is 3.60. The van der Waals surface area contributed by atoms with Gasteiger partial charge < -0.3 is 9.09 Å². The van der Waals surface area contributed by atoms with Crippen LogP contribution in [-0.2, 0) is 6.42 Å². The third-order valence-corrected chi connectivity index (χ3v) is 4.24. The molecule has 2 aromatic rings. The Morgan fingerprint density at radius 3 is 2.95 bits per heavy atom. The number of nitrogens with zero attached hydrogens (tertiary/aromatic N) is 4. The van der Waals surface area contributed by atoms with Gasteiger partial charge in [-0.25, -0.2) is 0 Å². The minimum atomic E-state index is -0.212. The fourth-order valence-electron chi connectivity index (χ4n) is 1.90. The molecule has 2 aromatic heterocycles. The molecule has 0 aromatic carbocycles. The maximum atomic E-state index is 11.5. The molecule has 20 heavy (non-hydrogen) atoms. The summed E-state index contributed by atoms with van der Waals surface area (Å²) in [6, 6.07) is 1.99. The Bertz CT molecular complexity index is 662. The number of rotatable bonds is 5. The highest BCUT2D eigenvalue weighted by Gasteiger charge is 2.27. The van der Waals surface area contributed by atoms with Crippen molar-refractivity contribution in [2.75, 3.05) is 0 Å². The van der Waals surface area contributed by atoms with Crippen molar-refractivity contribution in [3.63, 3.8) is 0 Å². The van der Waals surface area contributed by atoms with Crippen LogP contribution in [0.2, 0.25) is 0 Å². The predicted molar refractivity (Wildman–Crippen MR) is 74.7 cm³/mol. The molecule has 1 aliphatic rings. The lowest BCUT2D eigenvalue weighted by Gasteiger charge is -2.12. The van der Waals surface area contributed by atoms with Crippen LogP contribution in [0.5, 0.6) is 0 Å². The molecule has 0 aliphatic heterocycles. The summed E-state index contributed by atoms with van der Waals surface area (Å²) in [5.74, 6) is 1.28. The van der Waals surface area contributed by atoms with Crippen molar-refractivity contribution in [2.45, 2.75) is 49.6 Å². The molecule has 1 saturated carbocycles. The van der Waals surface area contributed by atoms with Crippen LogP contribution in [0.15, 0.2) is 26.7 Å². The monoisotopic (exact) mass is 292 g/mol. The van der Waals surface area contributed by atoms with Gasteiger partial charge in [0.05, 0.1) is 5.25 Å². The summed E-state index contributed by atoms with van der Waals surface area (Å²) in [6.45, 7) is 3.96. The van der Waals surface area contributed by atoms with Crippen LogP contribution < -0.4 is 5.56 Å². The number of aromatic nitrogens is 4. The summed E-state index contributed by atoms with van der Waals surface area (Å²) in [5.41, 5.74) is -0.212. The van der Waals surface area contributed by atoms with Gasteiger partial charge in [0.25, 0.3) is 5.56 Å². The average molecular weight is 292 g/mol. The molecular formula is C13H16N4O2S. The lowest BCUT2D eigenvalue weighted by Crippen LogP contribution is -2.12. The largest absolute Gasteiger partial charge is 0.338 e. The lowest BCUT2D eigenvalue weighted by molar-refractivity contribution is 0.375. The maximum Gasteiger partial charge on any atom is 0.273 e. The second-order valence-electron chi connectivity index (χ2n) is 4.85. The summed E-state index contributed by atoms with van der Waals surface area (Å²) < 4.78 is 7.31. The topological polar surface area (TPSA) is 73.8 Å². The summed E-state index contributed by atoms with van der Waals surface area (Å²) in [4.78, 5) is 19.9. The Morgan fingerprint density at radius 2 is 2.30 bits per heavy atom. The van der Waals surface area contributed by atoms with E-state index < -0.39 is 0 Å². The molecule has 0 spiro atoms. The first-order valence-corrected chi connectivity index (χ1v) is 7.63. The van der Waals surface area contributed by atoms with Crippen molar-refractivity contribution < 1.29 is 4.52 Å². The van der Waals surface area contributed by atoms with Crippen molar-refractivity contribution in [3.05, 3.63) is 34.3 Å². The van der Waals surface area contributed by atoms with Crippen LogP contribution in [0.1, 0.15) is 49.7 Å².